The molecule has 1 aliphatic carbocycles. The van der Waals surface area contributed by atoms with Gasteiger partial charge < -0.3 is 10.0 Å². The molecule has 2 heterocycles. The van der Waals surface area contributed by atoms with Gasteiger partial charge in [0.2, 0.25) is 5.91 Å². The Balaban J connectivity index is 1.97. The molecular formula is C14H17NO3S. The van der Waals surface area contributed by atoms with E-state index in [0.717, 1.165) is 25.0 Å². The molecule has 0 bridgehead atoms. The SMILES string of the molecule is O=C(O)C1=CSCC2C3CC=CCC3CCC(=O)N12. The van der Waals surface area contributed by atoms with E-state index in [4.69, 9.17) is 0 Å². The number of allylic oxidation sites excluding steroid dienone is 2. The number of amides is 1. The van der Waals surface area contributed by atoms with Crippen LogP contribution in [0.4, 0.5) is 0 Å². The van der Waals surface area contributed by atoms with Gasteiger partial charge in [-0.3, -0.25) is 4.79 Å². The molecule has 5 heteroatoms. The van der Waals surface area contributed by atoms with Crippen molar-refractivity contribution in [3.63, 3.8) is 0 Å². The van der Waals surface area contributed by atoms with Gasteiger partial charge >= 0.3 is 5.97 Å². The van der Waals surface area contributed by atoms with Gasteiger partial charge in [0.05, 0.1) is 0 Å². The first-order chi connectivity index (χ1) is 9.18. The van der Waals surface area contributed by atoms with Crippen LogP contribution in [0.5, 0.6) is 0 Å². The van der Waals surface area contributed by atoms with Crippen LogP contribution in [-0.2, 0) is 9.59 Å². The van der Waals surface area contributed by atoms with Crippen LogP contribution in [0.25, 0.3) is 0 Å². The maximum Gasteiger partial charge on any atom is 0.353 e. The third kappa shape index (κ3) is 2.20. The quantitative estimate of drug-likeness (QED) is 0.748. The molecule has 0 aromatic rings. The molecule has 0 radical (unpaired) electrons. The Kier molecular flexibility index (Phi) is 3.39. The van der Waals surface area contributed by atoms with Crippen LogP contribution in [0.3, 0.4) is 0 Å². The molecule has 2 aliphatic heterocycles. The van der Waals surface area contributed by atoms with Gasteiger partial charge in [-0.15, -0.1) is 11.8 Å². The van der Waals surface area contributed by atoms with Crippen LogP contribution >= 0.6 is 11.8 Å². The van der Waals surface area contributed by atoms with Gasteiger partial charge in [0.15, 0.2) is 0 Å². The molecule has 3 unspecified atom stereocenters. The second kappa shape index (κ2) is 5.04. The minimum Gasteiger partial charge on any atom is -0.477 e. The van der Waals surface area contributed by atoms with Crippen LogP contribution in [0, 0.1) is 11.8 Å². The van der Waals surface area contributed by atoms with Crippen LogP contribution < -0.4 is 0 Å². The molecule has 102 valence electrons. The highest BCUT2D eigenvalue weighted by molar-refractivity contribution is 8.02. The number of nitrogens with zero attached hydrogens (tertiary/aromatic N) is 1. The summed E-state index contributed by atoms with van der Waals surface area (Å²) in [5, 5.41) is 10.9. The number of carbonyl (C=O) groups excluding carboxylic acids is 1. The highest BCUT2D eigenvalue weighted by Crippen LogP contribution is 2.41. The number of thioether (sulfide) groups is 1. The van der Waals surface area contributed by atoms with Gasteiger partial charge in [-0.05, 0) is 31.1 Å². The van der Waals surface area contributed by atoms with Gasteiger partial charge in [-0.2, -0.15) is 0 Å². The van der Waals surface area contributed by atoms with Crippen molar-refractivity contribution in [3.8, 4) is 0 Å². The zero-order valence-corrected chi connectivity index (χ0v) is 11.4. The van der Waals surface area contributed by atoms with E-state index < -0.39 is 5.97 Å². The number of carboxylic acid groups (broad SMARTS) is 1. The number of carboxylic acids is 1. The van der Waals surface area contributed by atoms with Crippen LogP contribution in [0.15, 0.2) is 23.3 Å². The van der Waals surface area contributed by atoms with Gasteiger partial charge in [-0.1, -0.05) is 12.2 Å². The summed E-state index contributed by atoms with van der Waals surface area (Å²) < 4.78 is 0. The predicted molar refractivity (Wildman–Crippen MR) is 73.4 cm³/mol. The number of rotatable bonds is 1. The number of hydrogen-bond acceptors (Lipinski definition) is 3. The maximum atomic E-state index is 12.3. The fourth-order valence-corrected chi connectivity index (χ4v) is 4.51. The lowest BCUT2D eigenvalue weighted by Gasteiger charge is -2.40. The summed E-state index contributed by atoms with van der Waals surface area (Å²) in [4.78, 5) is 25.2. The van der Waals surface area contributed by atoms with Crippen molar-refractivity contribution in [2.24, 2.45) is 11.8 Å². The fraction of sp³-hybridized carbons (Fsp3) is 0.571. The molecule has 0 aromatic carbocycles. The predicted octanol–water partition coefficient (Wildman–Crippen LogP) is 2.23. The smallest absolute Gasteiger partial charge is 0.353 e. The van der Waals surface area contributed by atoms with Crippen LogP contribution in [0.1, 0.15) is 25.7 Å². The van der Waals surface area contributed by atoms with Crippen LogP contribution in [-0.4, -0.2) is 33.7 Å². The molecule has 1 N–H and O–H groups in total. The van der Waals surface area contributed by atoms with Crippen molar-refractivity contribution in [1.29, 1.82) is 0 Å². The molecule has 1 fully saturated rings. The highest BCUT2D eigenvalue weighted by atomic mass is 32.2. The second-order valence-electron chi connectivity index (χ2n) is 5.38. The molecule has 1 saturated heterocycles. The van der Waals surface area contributed by atoms with Crippen molar-refractivity contribution < 1.29 is 14.7 Å². The third-order valence-corrected chi connectivity index (χ3v) is 5.31. The summed E-state index contributed by atoms with van der Waals surface area (Å²) in [5.74, 6) is 0.741. The summed E-state index contributed by atoms with van der Waals surface area (Å²) in [6.45, 7) is 0. The minimum absolute atomic E-state index is 0.0200. The molecule has 1 amide bonds. The third-order valence-electron chi connectivity index (χ3n) is 4.38. The zero-order valence-electron chi connectivity index (χ0n) is 10.6. The first kappa shape index (κ1) is 12.8. The van der Waals surface area contributed by atoms with Gasteiger partial charge in [-0.25, -0.2) is 4.79 Å². The first-order valence-corrected chi connectivity index (χ1v) is 7.75. The van der Waals surface area contributed by atoms with Crippen molar-refractivity contribution in [3.05, 3.63) is 23.3 Å². The number of carbonyl (C=O) groups is 2. The molecule has 0 aromatic heterocycles. The number of fused-ring (bicyclic) bond motifs is 3. The highest BCUT2D eigenvalue weighted by Gasteiger charge is 2.43. The molecule has 4 nitrogen and oxygen atoms in total. The van der Waals surface area contributed by atoms with Crippen LogP contribution in [0.2, 0.25) is 0 Å². The average molecular weight is 279 g/mol. The van der Waals surface area contributed by atoms with E-state index >= 15 is 0 Å². The van der Waals surface area contributed by atoms with Crippen molar-refractivity contribution in [2.75, 3.05) is 5.75 Å². The monoisotopic (exact) mass is 279 g/mol. The number of aliphatic carboxylic acids is 1. The van der Waals surface area contributed by atoms with E-state index in [1.807, 2.05) is 0 Å². The van der Waals surface area contributed by atoms with Crippen molar-refractivity contribution in [2.45, 2.75) is 31.7 Å². The Morgan fingerprint density at radius 3 is 2.95 bits per heavy atom. The average Bonchev–Trinajstić information content (AvgIpc) is 2.57. The summed E-state index contributed by atoms with van der Waals surface area (Å²) in [6, 6.07) is 0.0473. The van der Waals surface area contributed by atoms with E-state index in [9.17, 15) is 14.7 Å². The summed E-state index contributed by atoms with van der Waals surface area (Å²) in [7, 11) is 0. The number of hydrogen-bond donors (Lipinski definition) is 1. The Hall–Kier alpha value is -1.23. The lowest BCUT2D eigenvalue weighted by Crippen LogP contribution is -2.48. The van der Waals surface area contributed by atoms with Gasteiger partial charge in [0.25, 0.3) is 0 Å². The van der Waals surface area contributed by atoms with Gasteiger partial charge in [0, 0.05) is 23.6 Å². The van der Waals surface area contributed by atoms with E-state index in [0.29, 0.717) is 18.3 Å². The first-order valence-electron chi connectivity index (χ1n) is 6.70. The maximum absolute atomic E-state index is 12.3. The standard InChI is InChI=1S/C14H17NO3S/c16-13-6-5-9-3-1-2-4-10(9)11-7-19-8-12(14(17)18)15(11)13/h1-2,8-11H,3-7H2,(H,17,18). The Bertz CT molecular complexity index is 471. The summed E-state index contributed by atoms with van der Waals surface area (Å²) >= 11 is 1.52. The Labute approximate surface area is 116 Å². The lowest BCUT2D eigenvalue weighted by atomic mass is 9.77. The molecule has 19 heavy (non-hydrogen) atoms. The largest absolute Gasteiger partial charge is 0.477 e. The van der Waals surface area contributed by atoms with E-state index in [2.05, 4.69) is 12.2 Å². The molecular weight excluding hydrogens is 262 g/mol. The molecule has 3 aliphatic rings. The molecule has 3 rings (SSSR count). The minimum atomic E-state index is -0.990. The van der Waals surface area contributed by atoms with E-state index in [-0.39, 0.29) is 17.6 Å². The second-order valence-corrected chi connectivity index (χ2v) is 6.28. The Morgan fingerprint density at radius 1 is 1.37 bits per heavy atom. The lowest BCUT2D eigenvalue weighted by molar-refractivity contribution is -0.141. The summed E-state index contributed by atoms with van der Waals surface area (Å²) in [6.07, 6.45) is 7.73. The molecule has 0 saturated carbocycles. The fourth-order valence-electron chi connectivity index (χ4n) is 3.45. The van der Waals surface area contributed by atoms with Gasteiger partial charge in [0.1, 0.15) is 5.70 Å². The molecule has 0 spiro atoms. The molecule has 3 atom stereocenters. The topological polar surface area (TPSA) is 57.6 Å². The van der Waals surface area contributed by atoms with E-state index in [1.165, 1.54) is 11.8 Å². The Morgan fingerprint density at radius 2 is 2.16 bits per heavy atom. The van der Waals surface area contributed by atoms with E-state index in [1.54, 1.807) is 10.3 Å². The zero-order chi connectivity index (χ0) is 13.4. The van der Waals surface area contributed by atoms with Crippen molar-refractivity contribution >= 4 is 23.6 Å². The summed E-state index contributed by atoms with van der Waals surface area (Å²) in [5.41, 5.74) is 0.168. The van der Waals surface area contributed by atoms with Crippen molar-refractivity contribution in [1.82, 2.24) is 4.90 Å². The normalized spacial score (nSPS) is 34.1.